The molecule has 0 unspecified atom stereocenters. The highest BCUT2D eigenvalue weighted by atomic mass is 79.9. The van der Waals surface area contributed by atoms with E-state index >= 15 is 0 Å². The van der Waals surface area contributed by atoms with E-state index in [0.29, 0.717) is 48.8 Å². The van der Waals surface area contributed by atoms with E-state index in [-0.39, 0.29) is 23.6 Å². The molecular weight excluding hydrogens is 651 g/mol. The Hall–Kier alpha value is -2.79. The predicted octanol–water partition coefficient (Wildman–Crippen LogP) is 7.55. The standard InChI is InChI=1S/C25H18Br2Cl2N4O4/c1-2-3-23-31-21-7-5-16(26)10-18(21)25(34)32(23)30-12-15-9-17(27)11-22(33(35)36)24(15)37-13-14-4-6-19(28)20(29)8-14/h4-12H,2-3,13H2,1H3. The number of hydrogen-bond donors (Lipinski definition) is 0. The fourth-order valence-electron chi connectivity index (χ4n) is 3.59. The first-order valence-corrected chi connectivity index (χ1v) is 13.3. The number of rotatable bonds is 8. The van der Waals surface area contributed by atoms with Crippen LogP contribution in [0, 0.1) is 10.1 Å². The largest absolute Gasteiger partial charge is 0.481 e. The van der Waals surface area contributed by atoms with Crippen molar-refractivity contribution in [1.29, 1.82) is 0 Å². The van der Waals surface area contributed by atoms with Crippen molar-refractivity contribution in [1.82, 2.24) is 9.66 Å². The third-order valence-electron chi connectivity index (χ3n) is 5.29. The number of hydrogen-bond acceptors (Lipinski definition) is 6. The first-order valence-electron chi connectivity index (χ1n) is 11.0. The van der Waals surface area contributed by atoms with Crippen molar-refractivity contribution in [2.45, 2.75) is 26.4 Å². The van der Waals surface area contributed by atoms with E-state index < -0.39 is 4.92 Å². The van der Waals surface area contributed by atoms with Crippen molar-refractivity contribution < 1.29 is 9.66 Å². The molecule has 0 saturated heterocycles. The maximum Gasteiger partial charge on any atom is 0.312 e. The number of nitrogens with zero attached hydrogens (tertiary/aromatic N) is 4. The number of halogens is 4. The van der Waals surface area contributed by atoms with E-state index in [1.54, 1.807) is 36.4 Å². The Morgan fingerprint density at radius 1 is 1.11 bits per heavy atom. The second-order valence-electron chi connectivity index (χ2n) is 7.94. The van der Waals surface area contributed by atoms with Gasteiger partial charge in [-0.05, 0) is 48.4 Å². The molecule has 4 rings (SSSR count). The molecular formula is C25H18Br2Cl2N4O4. The number of benzene rings is 3. The molecule has 0 N–H and O–H groups in total. The molecule has 3 aromatic carbocycles. The van der Waals surface area contributed by atoms with Crippen molar-refractivity contribution >= 4 is 77.9 Å². The minimum Gasteiger partial charge on any atom is -0.481 e. The first-order chi connectivity index (χ1) is 17.7. The zero-order valence-electron chi connectivity index (χ0n) is 19.3. The highest BCUT2D eigenvalue weighted by molar-refractivity contribution is 9.10. The normalized spacial score (nSPS) is 11.4. The quantitative estimate of drug-likeness (QED) is 0.110. The average Bonchev–Trinajstić information content (AvgIpc) is 2.85. The number of aromatic nitrogens is 2. The Kier molecular flexibility index (Phi) is 8.63. The van der Waals surface area contributed by atoms with Gasteiger partial charge in [-0.1, -0.05) is 68.1 Å². The molecule has 37 heavy (non-hydrogen) atoms. The Bertz CT molecular complexity index is 1610. The number of fused-ring (bicyclic) bond motifs is 1. The van der Waals surface area contributed by atoms with Gasteiger partial charge in [-0.2, -0.15) is 9.78 Å². The summed E-state index contributed by atoms with van der Waals surface area (Å²) in [7, 11) is 0. The summed E-state index contributed by atoms with van der Waals surface area (Å²) in [5.74, 6) is 0.464. The van der Waals surface area contributed by atoms with Crippen LogP contribution in [-0.4, -0.2) is 20.8 Å². The van der Waals surface area contributed by atoms with Gasteiger partial charge in [-0.3, -0.25) is 14.9 Å². The van der Waals surface area contributed by atoms with Crippen LogP contribution in [-0.2, 0) is 13.0 Å². The van der Waals surface area contributed by atoms with Crippen molar-refractivity contribution in [2.75, 3.05) is 0 Å². The Labute approximate surface area is 238 Å². The molecule has 0 fully saturated rings. The Balaban J connectivity index is 1.80. The van der Waals surface area contributed by atoms with Gasteiger partial charge in [-0.25, -0.2) is 4.98 Å². The fraction of sp³-hybridized carbons (Fsp3) is 0.160. The number of nitro benzene ring substituents is 1. The van der Waals surface area contributed by atoms with E-state index in [2.05, 4.69) is 41.9 Å². The van der Waals surface area contributed by atoms with Gasteiger partial charge in [-0.15, -0.1) is 0 Å². The lowest BCUT2D eigenvalue weighted by atomic mass is 10.2. The Morgan fingerprint density at radius 2 is 1.89 bits per heavy atom. The molecule has 0 bridgehead atoms. The van der Waals surface area contributed by atoms with Crippen LogP contribution in [0.3, 0.4) is 0 Å². The minimum atomic E-state index is -0.546. The third-order valence-corrected chi connectivity index (χ3v) is 6.98. The zero-order valence-corrected chi connectivity index (χ0v) is 23.9. The number of aryl methyl sites for hydroxylation is 1. The fourth-order valence-corrected chi connectivity index (χ4v) is 4.74. The van der Waals surface area contributed by atoms with Crippen LogP contribution in [0.25, 0.3) is 10.9 Å². The van der Waals surface area contributed by atoms with Gasteiger partial charge in [0.1, 0.15) is 12.4 Å². The lowest BCUT2D eigenvalue weighted by Gasteiger charge is -2.12. The first kappa shape index (κ1) is 27.3. The van der Waals surface area contributed by atoms with Crippen LogP contribution < -0.4 is 10.3 Å². The third kappa shape index (κ3) is 6.20. The van der Waals surface area contributed by atoms with Crippen LogP contribution in [0.15, 0.2) is 67.4 Å². The van der Waals surface area contributed by atoms with Crippen molar-refractivity contribution in [2.24, 2.45) is 5.10 Å². The molecule has 0 aliphatic rings. The molecule has 0 spiro atoms. The minimum absolute atomic E-state index is 0.00715. The van der Waals surface area contributed by atoms with Crippen LogP contribution in [0.5, 0.6) is 5.75 Å². The maximum absolute atomic E-state index is 13.3. The van der Waals surface area contributed by atoms with E-state index in [0.717, 1.165) is 10.9 Å². The summed E-state index contributed by atoms with van der Waals surface area (Å²) in [6, 6.07) is 13.2. The van der Waals surface area contributed by atoms with E-state index in [9.17, 15) is 14.9 Å². The summed E-state index contributed by atoms with van der Waals surface area (Å²) in [4.78, 5) is 29.2. The molecule has 8 nitrogen and oxygen atoms in total. The van der Waals surface area contributed by atoms with Crippen molar-refractivity contribution in [3.63, 3.8) is 0 Å². The smallest absolute Gasteiger partial charge is 0.312 e. The van der Waals surface area contributed by atoms with Crippen molar-refractivity contribution in [3.05, 3.63) is 105 Å². The number of ether oxygens (including phenoxy) is 1. The molecule has 0 aliphatic carbocycles. The molecule has 0 radical (unpaired) electrons. The second-order valence-corrected chi connectivity index (χ2v) is 10.6. The van der Waals surface area contributed by atoms with Crippen LogP contribution in [0.1, 0.15) is 30.3 Å². The van der Waals surface area contributed by atoms with Crippen molar-refractivity contribution in [3.8, 4) is 5.75 Å². The van der Waals surface area contributed by atoms with Gasteiger partial charge in [0.25, 0.3) is 5.56 Å². The van der Waals surface area contributed by atoms with Gasteiger partial charge in [0, 0.05) is 27.0 Å². The average molecular weight is 669 g/mol. The highest BCUT2D eigenvalue weighted by Gasteiger charge is 2.21. The monoisotopic (exact) mass is 666 g/mol. The molecule has 12 heteroatoms. The highest BCUT2D eigenvalue weighted by Crippen LogP contribution is 2.35. The van der Waals surface area contributed by atoms with E-state index in [1.165, 1.54) is 17.0 Å². The van der Waals surface area contributed by atoms with Crippen LogP contribution >= 0.6 is 55.1 Å². The summed E-state index contributed by atoms with van der Waals surface area (Å²) < 4.78 is 8.28. The van der Waals surface area contributed by atoms with Gasteiger partial charge >= 0.3 is 5.69 Å². The van der Waals surface area contributed by atoms with E-state index in [4.69, 9.17) is 27.9 Å². The second kappa shape index (κ2) is 11.7. The number of nitro groups is 1. The van der Waals surface area contributed by atoms with E-state index in [1.807, 2.05) is 13.0 Å². The molecule has 190 valence electrons. The predicted molar refractivity (Wildman–Crippen MR) is 152 cm³/mol. The molecule has 0 aliphatic heterocycles. The van der Waals surface area contributed by atoms with Gasteiger partial charge in [0.15, 0.2) is 0 Å². The lowest BCUT2D eigenvalue weighted by molar-refractivity contribution is -0.386. The Morgan fingerprint density at radius 3 is 2.59 bits per heavy atom. The zero-order chi connectivity index (χ0) is 26.7. The molecule has 1 aromatic heterocycles. The molecule has 0 amide bonds. The lowest BCUT2D eigenvalue weighted by Crippen LogP contribution is -2.22. The van der Waals surface area contributed by atoms with Gasteiger partial charge < -0.3 is 4.74 Å². The summed E-state index contributed by atoms with van der Waals surface area (Å²) in [6.07, 6.45) is 2.61. The summed E-state index contributed by atoms with van der Waals surface area (Å²) in [6.45, 7) is 1.96. The molecule has 4 aromatic rings. The van der Waals surface area contributed by atoms with Crippen LogP contribution in [0.4, 0.5) is 5.69 Å². The molecule has 1 heterocycles. The topological polar surface area (TPSA) is 99.6 Å². The summed E-state index contributed by atoms with van der Waals surface area (Å²) in [5.41, 5.74) is 0.906. The SMILES string of the molecule is CCCc1nc2ccc(Br)cc2c(=O)n1N=Cc1cc(Br)cc([N+](=O)[O-])c1OCc1ccc(Cl)c(Cl)c1. The molecule has 0 saturated carbocycles. The van der Waals surface area contributed by atoms with Gasteiger partial charge in [0.05, 0.1) is 32.1 Å². The van der Waals surface area contributed by atoms with Gasteiger partial charge in [0.2, 0.25) is 5.75 Å². The maximum atomic E-state index is 13.3. The summed E-state index contributed by atoms with van der Waals surface area (Å²) >= 11 is 18.8. The molecule has 0 atom stereocenters. The van der Waals surface area contributed by atoms with Crippen LogP contribution in [0.2, 0.25) is 10.0 Å². The summed E-state index contributed by atoms with van der Waals surface area (Å²) in [5, 5.41) is 17.3.